The number of pyridine rings is 1. The molecule has 22 heavy (non-hydrogen) atoms. The van der Waals surface area contributed by atoms with E-state index in [0.717, 1.165) is 24.1 Å². The van der Waals surface area contributed by atoms with Crippen molar-refractivity contribution in [3.05, 3.63) is 52.1 Å². The monoisotopic (exact) mass is 298 g/mol. The molecule has 1 fully saturated rings. The molecule has 1 amide bonds. The van der Waals surface area contributed by atoms with Gasteiger partial charge in [-0.25, -0.2) is 9.67 Å². The number of rotatable bonds is 4. The predicted molar refractivity (Wildman–Crippen MR) is 82.8 cm³/mol. The minimum Gasteiger partial charge on any atom is -0.309 e. The van der Waals surface area contributed by atoms with Gasteiger partial charge in [0.25, 0.3) is 5.56 Å². The molecule has 1 N–H and O–H groups in total. The first kappa shape index (κ1) is 14.4. The molecule has 0 spiro atoms. The van der Waals surface area contributed by atoms with Crippen LogP contribution >= 0.6 is 0 Å². The lowest BCUT2D eigenvalue weighted by Crippen LogP contribution is -2.33. The smallest absolute Gasteiger partial charge is 0.267 e. The summed E-state index contributed by atoms with van der Waals surface area (Å²) in [5.41, 5.74) is 1.62. The zero-order valence-corrected chi connectivity index (χ0v) is 12.6. The number of aromatic nitrogens is 3. The fourth-order valence-electron chi connectivity index (χ4n) is 2.20. The lowest BCUT2D eigenvalue weighted by atomic mass is 10.2. The van der Waals surface area contributed by atoms with Crippen LogP contribution in [0.15, 0.2) is 35.3 Å². The van der Waals surface area contributed by atoms with Crippen LogP contribution in [0.25, 0.3) is 0 Å². The number of hydrogen-bond donors (Lipinski definition) is 1. The molecule has 0 saturated heterocycles. The minimum absolute atomic E-state index is 0.274. The lowest BCUT2D eigenvalue weighted by molar-refractivity contribution is -0.119. The number of carbonyl (C=O) groups excluding carboxylic acids is 1. The fourth-order valence-corrected chi connectivity index (χ4v) is 2.20. The molecule has 3 rings (SSSR count). The third-order valence-electron chi connectivity index (χ3n) is 3.75. The van der Waals surface area contributed by atoms with Crippen molar-refractivity contribution in [2.45, 2.75) is 38.6 Å². The molecular formula is C16H18N4O2. The Morgan fingerprint density at radius 1 is 1.32 bits per heavy atom. The molecule has 1 saturated carbocycles. The zero-order valence-electron chi connectivity index (χ0n) is 12.6. The van der Waals surface area contributed by atoms with E-state index in [0.29, 0.717) is 11.7 Å². The Kier molecular flexibility index (Phi) is 3.75. The maximum Gasteiger partial charge on any atom is 0.267 e. The van der Waals surface area contributed by atoms with E-state index in [1.54, 1.807) is 25.3 Å². The molecule has 1 unspecified atom stereocenters. The Balaban J connectivity index is 1.79. The molecule has 0 radical (unpaired) electrons. The van der Waals surface area contributed by atoms with E-state index in [1.165, 1.54) is 10.7 Å². The maximum absolute atomic E-state index is 12.3. The quantitative estimate of drug-likeness (QED) is 0.937. The topological polar surface area (TPSA) is 76.9 Å². The molecule has 2 heterocycles. The Morgan fingerprint density at radius 3 is 2.73 bits per heavy atom. The Bertz CT molecular complexity index is 747. The third kappa shape index (κ3) is 3.05. The molecule has 2 aromatic rings. The van der Waals surface area contributed by atoms with E-state index in [4.69, 9.17) is 0 Å². The van der Waals surface area contributed by atoms with Crippen molar-refractivity contribution in [3.8, 4) is 0 Å². The Hall–Kier alpha value is -2.50. The summed E-state index contributed by atoms with van der Waals surface area (Å²) in [5, 5.41) is 7.04. The molecule has 1 aliphatic rings. The van der Waals surface area contributed by atoms with E-state index in [2.05, 4.69) is 15.4 Å². The van der Waals surface area contributed by atoms with Gasteiger partial charge in [0.2, 0.25) is 5.91 Å². The number of amides is 1. The average molecular weight is 298 g/mol. The summed E-state index contributed by atoms with van der Waals surface area (Å²) in [4.78, 5) is 28.4. The molecule has 114 valence electrons. The fraction of sp³-hybridized carbons (Fsp3) is 0.375. The first-order valence-corrected chi connectivity index (χ1v) is 7.38. The highest BCUT2D eigenvalue weighted by molar-refractivity contribution is 5.92. The van der Waals surface area contributed by atoms with E-state index in [-0.39, 0.29) is 11.5 Å². The summed E-state index contributed by atoms with van der Waals surface area (Å²) in [7, 11) is 0. The van der Waals surface area contributed by atoms with E-state index >= 15 is 0 Å². The molecule has 6 nitrogen and oxygen atoms in total. The molecule has 0 aromatic carbocycles. The van der Waals surface area contributed by atoms with Gasteiger partial charge in [0, 0.05) is 18.2 Å². The summed E-state index contributed by atoms with van der Waals surface area (Å²) < 4.78 is 1.25. The summed E-state index contributed by atoms with van der Waals surface area (Å²) in [6, 6.07) is 6.15. The van der Waals surface area contributed by atoms with E-state index in [1.807, 2.05) is 13.0 Å². The van der Waals surface area contributed by atoms with Gasteiger partial charge in [0.1, 0.15) is 11.9 Å². The second-order valence-corrected chi connectivity index (χ2v) is 5.70. The van der Waals surface area contributed by atoms with Gasteiger partial charge >= 0.3 is 0 Å². The van der Waals surface area contributed by atoms with Crippen LogP contribution in [0.4, 0.5) is 5.82 Å². The van der Waals surface area contributed by atoms with Crippen LogP contribution in [0, 0.1) is 6.92 Å². The highest BCUT2D eigenvalue weighted by Crippen LogP contribution is 2.38. The number of anilines is 1. The molecular weight excluding hydrogens is 280 g/mol. The third-order valence-corrected chi connectivity index (χ3v) is 3.75. The maximum atomic E-state index is 12.3. The Morgan fingerprint density at radius 2 is 2.09 bits per heavy atom. The van der Waals surface area contributed by atoms with Crippen molar-refractivity contribution in [1.29, 1.82) is 0 Å². The highest BCUT2D eigenvalue weighted by Gasteiger charge is 2.27. The van der Waals surface area contributed by atoms with Gasteiger partial charge in [-0.1, -0.05) is 6.07 Å². The largest absolute Gasteiger partial charge is 0.309 e. The number of nitrogens with one attached hydrogen (secondary N) is 1. The van der Waals surface area contributed by atoms with E-state index < -0.39 is 6.04 Å². The van der Waals surface area contributed by atoms with Crippen LogP contribution in [0.3, 0.4) is 0 Å². The zero-order chi connectivity index (χ0) is 15.7. The van der Waals surface area contributed by atoms with Gasteiger partial charge in [-0.2, -0.15) is 5.10 Å². The van der Waals surface area contributed by atoms with Crippen LogP contribution in [-0.4, -0.2) is 20.7 Å². The molecule has 0 aliphatic heterocycles. The first-order valence-electron chi connectivity index (χ1n) is 7.38. The summed E-state index contributed by atoms with van der Waals surface area (Å²) in [6.45, 7) is 3.59. The van der Waals surface area contributed by atoms with Crippen molar-refractivity contribution < 1.29 is 4.79 Å². The van der Waals surface area contributed by atoms with Crippen LogP contribution < -0.4 is 10.9 Å². The number of hydrogen-bond acceptors (Lipinski definition) is 4. The highest BCUT2D eigenvalue weighted by atomic mass is 16.2. The number of nitrogens with zero attached hydrogens (tertiary/aromatic N) is 3. The second kappa shape index (κ2) is 5.71. The standard InChI is InChI=1S/C16H18N4O2/c1-10-3-7-14(17-9-10)18-16(22)11(2)20-15(21)8-6-13(19-20)12-4-5-12/h3,6-9,11-12H,4-5H2,1-2H3,(H,17,18,22). The summed E-state index contributed by atoms with van der Waals surface area (Å²) in [5.74, 6) is 0.591. The average Bonchev–Trinajstić information content (AvgIpc) is 3.34. The molecule has 2 aromatic heterocycles. The van der Waals surface area contributed by atoms with Crippen molar-refractivity contribution in [2.75, 3.05) is 5.32 Å². The van der Waals surface area contributed by atoms with Crippen LogP contribution in [0.5, 0.6) is 0 Å². The van der Waals surface area contributed by atoms with Gasteiger partial charge in [-0.3, -0.25) is 9.59 Å². The SMILES string of the molecule is Cc1ccc(NC(=O)C(C)n2nc(C3CC3)ccc2=O)nc1. The normalized spacial score (nSPS) is 15.4. The van der Waals surface area contributed by atoms with Crippen molar-refractivity contribution in [1.82, 2.24) is 14.8 Å². The van der Waals surface area contributed by atoms with Crippen LogP contribution in [0.1, 0.15) is 43.0 Å². The molecule has 1 atom stereocenters. The van der Waals surface area contributed by atoms with Gasteiger partial charge < -0.3 is 5.32 Å². The number of aryl methyl sites for hydroxylation is 1. The van der Waals surface area contributed by atoms with Crippen LogP contribution in [-0.2, 0) is 4.79 Å². The van der Waals surface area contributed by atoms with E-state index in [9.17, 15) is 9.59 Å². The van der Waals surface area contributed by atoms with Crippen molar-refractivity contribution in [3.63, 3.8) is 0 Å². The first-order chi connectivity index (χ1) is 10.5. The summed E-state index contributed by atoms with van der Waals surface area (Å²) >= 11 is 0. The number of carbonyl (C=O) groups is 1. The lowest BCUT2D eigenvalue weighted by Gasteiger charge is -2.14. The predicted octanol–water partition coefficient (Wildman–Crippen LogP) is 2.02. The second-order valence-electron chi connectivity index (χ2n) is 5.70. The van der Waals surface area contributed by atoms with Crippen LogP contribution in [0.2, 0.25) is 0 Å². The van der Waals surface area contributed by atoms with Gasteiger partial charge in [0.05, 0.1) is 5.69 Å². The summed E-state index contributed by atoms with van der Waals surface area (Å²) in [6.07, 6.45) is 3.87. The Labute approximate surface area is 128 Å². The van der Waals surface area contributed by atoms with Gasteiger partial charge in [-0.05, 0) is 44.4 Å². The van der Waals surface area contributed by atoms with Gasteiger partial charge in [0.15, 0.2) is 0 Å². The molecule has 0 bridgehead atoms. The van der Waals surface area contributed by atoms with Gasteiger partial charge in [-0.15, -0.1) is 0 Å². The molecule has 1 aliphatic carbocycles. The molecule has 6 heteroatoms. The minimum atomic E-state index is -0.686. The van der Waals surface area contributed by atoms with Crippen molar-refractivity contribution in [2.24, 2.45) is 0 Å². The van der Waals surface area contributed by atoms with Crippen molar-refractivity contribution >= 4 is 11.7 Å².